The number of halogens is 1. The van der Waals surface area contributed by atoms with Gasteiger partial charge in [-0.3, -0.25) is 4.72 Å². The van der Waals surface area contributed by atoms with Crippen molar-refractivity contribution < 1.29 is 9.13 Å². The van der Waals surface area contributed by atoms with Crippen LogP contribution in [0.2, 0.25) is 0 Å². The van der Waals surface area contributed by atoms with Crippen LogP contribution in [0.15, 0.2) is 18.2 Å². The lowest BCUT2D eigenvalue weighted by Gasteiger charge is -2.23. The first-order chi connectivity index (χ1) is 10.6. The average molecular weight is 325 g/mol. The normalized spacial score (nSPS) is 16.0. The van der Waals surface area contributed by atoms with E-state index in [0.717, 1.165) is 11.3 Å². The van der Waals surface area contributed by atoms with Gasteiger partial charge in [-0.05, 0) is 48.8 Å². The summed E-state index contributed by atoms with van der Waals surface area (Å²) in [4.78, 5) is 0. The molecule has 0 saturated heterocycles. The Morgan fingerprint density at radius 1 is 1.36 bits per heavy atom. The maximum absolute atomic E-state index is 13.9. The van der Waals surface area contributed by atoms with Gasteiger partial charge in [-0.2, -0.15) is 0 Å². The second-order valence-corrected chi connectivity index (χ2v) is 7.42. The lowest BCUT2D eigenvalue weighted by atomic mass is 9.97. The maximum atomic E-state index is 13.9. The molecule has 1 atom stereocenters. The van der Waals surface area contributed by atoms with Crippen molar-refractivity contribution in [2.45, 2.75) is 52.5 Å². The molecule has 1 aliphatic rings. The van der Waals surface area contributed by atoms with Crippen molar-refractivity contribution in [2.75, 3.05) is 12.4 Å². The smallest absolute Gasteiger partial charge is 0.165 e. The lowest BCUT2D eigenvalue weighted by molar-refractivity contribution is 0.284. The van der Waals surface area contributed by atoms with Crippen LogP contribution in [-0.4, -0.2) is 12.4 Å². The van der Waals surface area contributed by atoms with Gasteiger partial charge in [0.05, 0.1) is 6.61 Å². The summed E-state index contributed by atoms with van der Waals surface area (Å²) in [6, 6.07) is 5.49. The number of ether oxygens (including phenoxy) is 1. The number of nitrogens with one attached hydrogen (secondary N) is 1. The number of unbranched alkanes of at least 4 members (excludes halogenated alkanes) is 1. The topological polar surface area (TPSA) is 21.3 Å². The van der Waals surface area contributed by atoms with Crippen molar-refractivity contribution in [2.24, 2.45) is 11.8 Å². The Labute approximate surface area is 138 Å². The van der Waals surface area contributed by atoms with Crippen molar-refractivity contribution in [3.8, 4) is 5.75 Å². The Morgan fingerprint density at radius 2 is 2.14 bits per heavy atom. The third kappa shape index (κ3) is 5.47. The van der Waals surface area contributed by atoms with E-state index in [-0.39, 0.29) is 11.9 Å². The molecule has 0 heterocycles. The molecule has 2 nitrogen and oxygen atoms in total. The molecule has 124 valence electrons. The van der Waals surface area contributed by atoms with E-state index in [0.29, 0.717) is 24.2 Å². The molecule has 0 amide bonds. The maximum Gasteiger partial charge on any atom is 0.165 e. The molecule has 0 radical (unpaired) electrons. The third-order valence-corrected chi connectivity index (χ3v) is 4.88. The highest BCUT2D eigenvalue weighted by Gasteiger charge is 2.23. The minimum atomic E-state index is -0.259. The molecule has 0 aromatic heterocycles. The zero-order valence-corrected chi connectivity index (χ0v) is 14.7. The highest BCUT2D eigenvalue weighted by Crippen LogP contribution is 2.32. The second-order valence-electron chi connectivity index (χ2n) is 6.49. The van der Waals surface area contributed by atoms with Gasteiger partial charge in [0.25, 0.3) is 0 Å². The van der Waals surface area contributed by atoms with E-state index >= 15 is 0 Å². The fraction of sp³-hybridized carbons (Fsp3) is 0.667. The predicted octanol–water partition coefficient (Wildman–Crippen LogP) is 5.35. The van der Waals surface area contributed by atoms with Gasteiger partial charge >= 0.3 is 0 Å². The van der Waals surface area contributed by atoms with Gasteiger partial charge in [0.2, 0.25) is 0 Å². The number of hydrogen-bond acceptors (Lipinski definition) is 3. The molecule has 2 rings (SSSR count). The van der Waals surface area contributed by atoms with Crippen LogP contribution in [0.1, 0.15) is 58.1 Å². The molecule has 1 N–H and O–H groups in total. The molecule has 1 unspecified atom stereocenters. The van der Waals surface area contributed by atoms with Crippen molar-refractivity contribution in [3.63, 3.8) is 0 Å². The molecule has 1 aliphatic carbocycles. The molecule has 1 fully saturated rings. The van der Waals surface area contributed by atoms with Crippen LogP contribution in [0.25, 0.3) is 0 Å². The minimum Gasteiger partial charge on any atom is -0.490 e. The van der Waals surface area contributed by atoms with Gasteiger partial charge in [-0.1, -0.05) is 45.2 Å². The van der Waals surface area contributed by atoms with Crippen LogP contribution in [0.5, 0.6) is 5.75 Å². The van der Waals surface area contributed by atoms with E-state index in [2.05, 4.69) is 25.5 Å². The van der Waals surface area contributed by atoms with Crippen LogP contribution >= 0.6 is 11.9 Å². The highest BCUT2D eigenvalue weighted by molar-refractivity contribution is 7.97. The van der Waals surface area contributed by atoms with E-state index in [1.807, 2.05) is 12.1 Å². The first-order valence-corrected chi connectivity index (χ1v) is 9.40. The van der Waals surface area contributed by atoms with E-state index in [4.69, 9.17) is 4.74 Å². The molecule has 0 bridgehead atoms. The Bertz CT molecular complexity index is 462. The van der Waals surface area contributed by atoms with Gasteiger partial charge in [0.15, 0.2) is 11.6 Å². The molecule has 1 saturated carbocycles. The van der Waals surface area contributed by atoms with Crippen molar-refractivity contribution in [1.29, 1.82) is 0 Å². The fourth-order valence-electron chi connectivity index (χ4n) is 2.27. The first-order valence-electron chi connectivity index (χ1n) is 8.41. The largest absolute Gasteiger partial charge is 0.490 e. The lowest BCUT2D eigenvalue weighted by Crippen LogP contribution is -2.20. The molecule has 0 aliphatic heterocycles. The van der Waals surface area contributed by atoms with Crippen LogP contribution < -0.4 is 9.46 Å². The number of hydrogen-bond donors (Lipinski definition) is 1. The molecule has 1 aromatic carbocycles. The summed E-state index contributed by atoms with van der Waals surface area (Å²) in [5, 5.41) is 0. The fourth-order valence-corrected chi connectivity index (χ4v) is 3.41. The average Bonchev–Trinajstić information content (AvgIpc) is 3.31. The molecule has 1 aromatic rings. The van der Waals surface area contributed by atoms with Crippen LogP contribution in [0.3, 0.4) is 0 Å². The minimum absolute atomic E-state index is 0.214. The van der Waals surface area contributed by atoms with Crippen molar-refractivity contribution in [1.82, 2.24) is 4.72 Å². The Morgan fingerprint density at radius 3 is 2.77 bits per heavy atom. The molecule has 4 heteroatoms. The van der Waals surface area contributed by atoms with Gasteiger partial charge in [-0.15, -0.1) is 0 Å². The van der Waals surface area contributed by atoms with E-state index in [1.54, 1.807) is 11.9 Å². The van der Waals surface area contributed by atoms with Crippen LogP contribution in [0, 0.1) is 17.7 Å². The van der Waals surface area contributed by atoms with E-state index in [1.165, 1.54) is 31.7 Å². The summed E-state index contributed by atoms with van der Waals surface area (Å²) in [5.41, 5.74) is 1.10. The number of rotatable bonds is 10. The zero-order valence-electron chi connectivity index (χ0n) is 13.9. The summed E-state index contributed by atoms with van der Waals surface area (Å²) in [5.74, 6) is 2.31. The standard InChI is InChI=1S/C18H28FNOS/c1-4-5-10-22-20-18(13(2)3)15-8-9-16(19)17(11-15)21-12-14-6-7-14/h8-9,11,13-14,18,20H,4-7,10,12H2,1-3H3. The van der Waals surface area contributed by atoms with E-state index in [9.17, 15) is 4.39 Å². The van der Waals surface area contributed by atoms with E-state index < -0.39 is 0 Å². The van der Waals surface area contributed by atoms with Crippen LogP contribution in [-0.2, 0) is 0 Å². The van der Waals surface area contributed by atoms with Crippen molar-refractivity contribution in [3.05, 3.63) is 29.6 Å². The van der Waals surface area contributed by atoms with Gasteiger partial charge in [0.1, 0.15) is 0 Å². The van der Waals surface area contributed by atoms with Gasteiger partial charge < -0.3 is 4.74 Å². The summed E-state index contributed by atoms with van der Waals surface area (Å²) in [7, 11) is 0. The monoisotopic (exact) mass is 325 g/mol. The van der Waals surface area contributed by atoms with Crippen LogP contribution in [0.4, 0.5) is 4.39 Å². The Kier molecular flexibility index (Phi) is 7.03. The molecule has 0 spiro atoms. The summed E-state index contributed by atoms with van der Waals surface area (Å²) >= 11 is 1.76. The van der Waals surface area contributed by atoms with Crippen molar-refractivity contribution >= 4 is 11.9 Å². The SMILES string of the molecule is CCCCSNC(c1ccc(F)c(OCC2CC2)c1)C(C)C. The Hall–Kier alpha value is -0.740. The zero-order chi connectivity index (χ0) is 15.9. The molecular formula is C18H28FNOS. The predicted molar refractivity (Wildman–Crippen MR) is 92.7 cm³/mol. The quantitative estimate of drug-likeness (QED) is 0.463. The Balaban J connectivity index is 2.00. The third-order valence-electron chi connectivity index (χ3n) is 3.96. The summed E-state index contributed by atoms with van der Waals surface area (Å²) in [6.07, 6.45) is 4.84. The molecular weight excluding hydrogens is 297 g/mol. The second kappa shape index (κ2) is 8.78. The summed E-state index contributed by atoms with van der Waals surface area (Å²) in [6.45, 7) is 7.22. The number of benzene rings is 1. The first kappa shape index (κ1) is 17.6. The van der Waals surface area contributed by atoms with Gasteiger partial charge in [-0.25, -0.2) is 4.39 Å². The van der Waals surface area contributed by atoms with Gasteiger partial charge in [0, 0.05) is 11.8 Å². The molecule has 22 heavy (non-hydrogen) atoms. The summed E-state index contributed by atoms with van der Waals surface area (Å²) < 4.78 is 23.1. The highest BCUT2D eigenvalue weighted by atomic mass is 32.2.